The molecule has 82 valence electrons. The predicted molar refractivity (Wildman–Crippen MR) is 59.0 cm³/mol. The van der Waals surface area contributed by atoms with Gasteiger partial charge >= 0.3 is 0 Å². The Hall–Kier alpha value is -0.530. The average molecular weight is 197 g/mol. The Labute approximate surface area is 87.7 Å². The monoisotopic (exact) mass is 197 g/mol. The Morgan fingerprint density at radius 2 is 2.00 bits per heavy atom. The number of hydrogen-bond donors (Lipinski definition) is 0. The molecule has 0 aromatic heterocycles. The summed E-state index contributed by atoms with van der Waals surface area (Å²) in [7, 11) is 0. The van der Waals surface area contributed by atoms with Crippen LogP contribution in [0.3, 0.4) is 0 Å². The third-order valence-electron chi connectivity index (χ3n) is 3.82. The van der Waals surface area contributed by atoms with E-state index in [0.717, 1.165) is 13.0 Å². The summed E-state index contributed by atoms with van der Waals surface area (Å²) in [4.78, 5) is 14.3. The zero-order valence-corrected chi connectivity index (χ0v) is 10.3. The van der Waals surface area contributed by atoms with Crippen LogP contribution in [0.1, 0.15) is 48.0 Å². The van der Waals surface area contributed by atoms with E-state index in [1.54, 1.807) is 0 Å². The molecular formula is C12H23NO. The van der Waals surface area contributed by atoms with Gasteiger partial charge in [-0.2, -0.15) is 0 Å². The first-order valence-corrected chi connectivity index (χ1v) is 5.55. The molecule has 0 radical (unpaired) electrons. The Kier molecular flexibility index (Phi) is 2.68. The van der Waals surface area contributed by atoms with Crippen LogP contribution in [-0.4, -0.2) is 22.9 Å². The van der Waals surface area contributed by atoms with E-state index in [4.69, 9.17) is 0 Å². The molecule has 0 bridgehead atoms. The molecule has 0 spiro atoms. The number of carbonyl (C=O) groups is 1. The van der Waals surface area contributed by atoms with Crippen molar-refractivity contribution in [1.29, 1.82) is 0 Å². The third-order valence-corrected chi connectivity index (χ3v) is 3.82. The minimum absolute atomic E-state index is 0.0295. The van der Waals surface area contributed by atoms with Crippen molar-refractivity contribution in [2.24, 2.45) is 11.3 Å². The zero-order valence-electron chi connectivity index (χ0n) is 10.3. The van der Waals surface area contributed by atoms with Gasteiger partial charge in [0, 0.05) is 12.1 Å². The highest BCUT2D eigenvalue weighted by Gasteiger charge is 2.49. The van der Waals surface area contributed by atoms with E-state index in [1.807, 2.05) is 4.90 Å². The second-order valence-corrected chi connectivity index (χ2v) is 5.76. The van der Waals surface area contributed by atoms with Crippen molar-refractivity contribution in [3.8, 4) is 0 Å². The topological polar surface area (TPSA) is 20.3 Å². The molecule has 2 atom stereocenters. The smallest absolute Gasteiger partial charge is 0.229 e. The summed E-state index contributed by atoms with van der Waals surface area (Å²) in [5.41, 5.74) is -0.161. The Balaban J connectivity index is 2.96. The van der Waals surface area contributed by atoms with Crippen LogP contribution in [-0.2, 0) is 4.79 Å². The van der Waals surface area contributed by atoms with Crippen molar-refractivity contribution in [2.45, 2.75) is 53.5 Å². The molecule has 1 aliphatic heterocycles. The summed E-state index contributed by atoms with van der Waals surface area (Å²) in [6, 6.07) is 0. The predicted octanol–water partition coefficient (Wildman–Crippen LogP) is 2.68. The first-order valence-electron chi connectivity index (χ1n) is 5.55. The van der Waals surface area contributed by atoms with Crippen molar-refractivity contribution in [1.82, 2.24) is 4.90 Å². The molecule has 1 aliphatic rings. The summed E-state index contributed by atoms with van der Waals surface area (Å²) >= 11 is 0. The van der Waals surface area contributed by atoms with Crippen LogP contribution in [0.25, 0.3) is 0 Å². The minimum Gasteiger partial charge on any atom is -0.337 e. The SMILES string of the molecule is CCC1(C)C(=O)N(C(C)(C)C)CC1C. The van der Waals surface area contributed by atoms with Gasteiger partial charge in [-0.25, -0.2) is 0 Å². The number of carbonyl (C=O) groups excluding carboxylic acids is 1. The summed E-state index contributed by atoms with van der Waals surface area (Å²) in [5, 5.41) is 0. The molecule has 0 N–H and O–H groups in total. The quantitative estimate of drug-likeness (QED) is 0.633. The van der Waals surface area contributed by atoms with E-state index in [9.17, 15) is 4.79 Å². The molecule has 1 rings (SSSR count). The molecule has 1 amide bonds. The average Bonchev–Trinajstić information content (AvgIpc) is 2.29. The summed E-state index contributed by atoms with van der Waals surface area (Å²) in [5.74, 6) is 0.805. The lowest BCUT2D eigenvalue weighted by molar-refractivity contribution is -0.139. The van der Waals surface area contributed by atoms with Crippen LogP contribution in [0.5, 0.6) is 0 Å². The minimum atomic E-state index is -0.132. The molecule has 0 aromatic carbocycles. The highest BCUT2D eigenvalue weighted by molar-refractivity contribution is 5.85. The van der Waals surface area contributed by atoms with Crippen LogP contribution < -0.4 is 0 Å². The summed E-state index contributed by atoms with van der Waals surface area (Å²) in [6.07, 6.45) is 0.944. The first-order chi connectivity index (χ1) is 6.23. The second kappa shape index (κ2) is 3.25. The summed E-state index contributed by atoms with van der Waals surface area (Å²) in [6.45, 7) is 13.6. The maximum absolute atomic E-state index is 12.2. The Bertz CT molecular complexity index is 241. The Morgan fingerprint density at radius 3 is 2.21 bits per heavy atom. The fraction of sp³-hybridized carbons (Fsp3) is 0.917. The van der Waals surface area contributed by atoms with Gasteiger partial charge in [0.1, 0.15) is 0 Å². The largest absolute Gasteiger partial charge is 0.337 e. The lowest BCUT2D eigenvalue weighted by Gasteiger charge is -2.33. The van der Waals surface area contributed by atoms with Gasteiger partial charge in [-0.3, -0.25) is 4.79 Å². The molecule has 0 aliphatic carbocycles. The molecule has 0 aromatic rings. The molecule has 0 saturated carbocycles. The van der Waals surface area contributed by atoms with Gasteiger partial charge in [0.05, 0.1) is 5.41 Å². The van der Waals surface area contributed by atoms with Gasteiger partial charge in [0.15, 0.2) is 0 Å². The van der Waals surface area contributed by atoms with E-state index in [1.165, 1.54) is 0 Å². The van der Waals surface area contributed by atoms with Crippen molar-refractivity contribution >= 4 is 5.91 Å². The van der Waals surface area contributed by atoms with Crippen LogP contribution in [0, 0.1) is 11.3 Å². The number of nitrogens with zero attached hydrogens (tertiary/aromatic N) is 1. The Morgan fingerprint density at radius 1 is 1.50 bits per heavy atom. The van der Waals surface area contributed by atoms with Gasteiger partial charge in [0.25, 0.3) is 0 Å². The van der Waals surface area contributed by atoms with Crippen LogP contribution >= 0.6 is 0 Å². The fourth-order valence-corrected chi connectivity index (χ4v) is 2.16. The number of hydrogen-bond acceptors (Lipinski definition) is 1. The summed E-state index contributed by atoms with van der Waals surface area (Å²) < 4.78 is 0. The molecule has 1 saturated heterocycles. The number of rotatable bonds is 1. The van der Waals surface area contributed by atoms with E-state index in [0.29, 0.717) is 11.8 Å². The third kappa shape index (κ3) is 1.55. The number of amides is 1. The van der Waals surface area contributed by atoms with E-state index in [-0.39, 0.29) is 11.0 Å². The lowest BCUT2D eigenvalue weighted by atomic mass is 9.78. The van der Waals surface area contributed by atoms with Crippen molar-refractivity contribution < 1.29 is 4.79 Å². The zero-order chi connectivity index (χ0) is 11.1. The molecule has 2 heteroatoms. The molecule has 14 heavy (non-hydrogen) atoms. The molecule has 2 nitrogen and oxygen atoms in total. The van der Waals surface area contributed by atoms with Crippen LogP contribution in [0.2, 0.25) is 0 Å². The second-order valence-electron chi connectivity index (χ2n) is 5.76. The van der Waals surface area contributed by atoms with Crippen LogP contribution in [0.4, 0.5) is 0 Å². The molecule has 1 fully saturated rings. The van der Waals surface area contributed by atoms with Gasteiger partial charge in [0.2, 0.25) is 5.91 Å². The van der Waals surface area contributed by atoms with Crippen molar-refractivity contribution in [2.75, 3.05) is 6.54 Å². The van der Waals surface area contributed by atoms with E-state index in [2.05, 4.69) is 41.5 Å². The highest BCUT2D eigenvalue weighted by Crippen LogP contribution is 2.42. The first kappa shape index (κ1) is 11.5. The number of likely N-dealkylation sites (tertiary alicyclic amines) is 1. The van der Waals surface area contributed by atoms with E-state index >= 15 is 0 Å². The van der Waals surface area contributed by atoms with Gasteiger partial charge in [-0.1, -0.05) is 20.8 Å². The molecular weight excluding hydrogens is 174 g/mol. The fourth-order valence-electron chi connectivity index (χ4n) is 2.16. The highest BCUT2D eigenvalue weighted by atomic mass is 16.2. The van der Waals surface area contributed by atoms with Crippen molar-refractivity contribution in [3.05, 3.63) is 0 Å². The van der Waals surface area contributed by atoms with Gasteiger partial charge in [-0.05, 0) is 33.1 Å². The molecule has 2 unspecified atom stereocenters. The van der Waals surface area contributed by atoms with Crippen LogP contribution in [0.15, 0.2) is 0 Å². The molecule has 1 heterocycles. The van der Waals surface area contributed by atoms with Gasteiger partial charge < -0.3 is 4.90 Å². The van der Waals surface area contributed by atoms with Gasteiger partial charge in [-0.15, -0.1) is 0 Å². The van der Waals surface area contributed by atoms with Crippen molar-refractivity contribution in [3.63, 3.8) is 0 Å². The standard InChI is InChI=1S/C12H23NO/c1-7-12(6)9(2)8-13(10(12)14)11(3,4)5/h9H,7-8H2,1-6H3. The maximum Gasteiger partial charge on any atom is 0.229 e. The lowest BCUT2D eigenvalue weighted by Crippen LogP contribution is -2.44. The normalized spacial score (nSPS) is 34.0. The maximum atomic E-state index is 12.2. The van der Waals surface area contributed by atoms with E-state index < -0.39 is 0 Å².